The van der Waals surface area contributed by atoms with Gasteiger partial charge in [-0.1, -0.05) is 18.9 Å². The molecule has 0 amide bonds. The molecule has 1 heterocycles. The predicted octanol–water partition coefficient (Wildman–Crippen LogP) is 2.18. The van der Waals surface area contributed by atoms with Gasteiger partial charge in [-0.2, -0.15) is 0 Å². The molecule has 0 spiro atoms. The minimum absolute atomic E-state index is 0.181. The Morgan fingerprint density at radius 2 is 2.36 bits per heavy atom. The van der Waals surface area contributed by atoms with Crippen LogP contribution in [0.15, 0.2) is 24.5 Å². The van der Waals surface area contributed by atoms with Gasteiger partial charge in [-0.3, -0.25) is 4.98 Å². The van der Waals surface area contributed by atoms with E-state index in [4.69, 9.17) is 0 Å². The van der Waals surface area contributed by atoms with Crippen LogP contribution in [0.25, 0.3) is 0 Å². The summed E-state index contributed by atoms with van der Waals surface area (Å²) in [5.41, 5.74) is 1.13. The van der Waals surface area contributed by atoms with Crippen molar-refractivity contribution in [1.82, 2.24) is 4.98 Å². The van der Waals surface area contributed by atoms with Crippen molar-refractivity contribution < 1.29 is 5.11 Å². The van der Waals surface area contributed by atoms with Crippen molar-refractivity contribution in [2.75, 3.05) is 0 Å². The van der Waals surface area contributed by atoms with E-state index in [2.05, 4.69) is 4.98 Å². The van der Waals surface area contributed by atoms with E-state index < -0.39 is 0 Å². The van der Waals surface area contributed by atoms with Crippen molar-refractivity contribution in [2.24, 2.45) is 5.92 Å². The van der Waals surface area contributed by atoms with Crippen LogP contribution < -0.4 is 0 Å². The lowest BCUT2D eigenvalue weighted by molar-refractivity contribution is 0.160. The van der Waals surface area contributed by atoms with Gasteiger partial charge in [0.2, 0.25) is 0 Å². The van der Waals surface area contributed by atoms with Crippen molar-refractivity contribution in [1.29, 1.82) is 0 Å². The zero-order chi connectivity index (χ0) is 9.80. The monoisotopic (exact) mass is 191 g/mol. The van der Waals surface area contributed by atoms with Crippen molar-refractivity contribution in [2.45, 2.75) is 38.2 Å². The number of aliphatic hydroxyl groups is 1. The van der Waals surface area contributed by atoms with Gasteiger partial charge in [-0.25, -0.2) is 0 Å². The second-order valence-electron chi connectivity index (χ2n) is 4.24. The summed E-state index contributed by atoms with van der Waals surface area (Å²) in [5.74, 6) is 0.915. The standard InChI is InChI=1S/C12H17NO/c14-12(6-5-10-3-4-10)8-11-2-1-7-13-9-11/h1-2,7,9-10,12,14H,3-6,8H2. The number of hydrogen-bond donors (Lipinski definition) is 1. The molecule has 2 rings (SSSR count). The highest BCUT2D eigenvalue weighted by Crippen LogP contribution is 2.34. The molecule has 1 aliphatic carbocycles. The van der Waals surface area contributed by atoms with Crippen LogP contribution in [0.4, 0.5) is 0 Å². The normalized spacial score (nSPS) is 18.1. The molecule has 1 fully saturated rings. The number of aliphatic hydroxyl groups excluding tert-OH is 1. The van der Waals surface area contributed by atoms with Crippen molar-refractivity contribution in [3.05, 3.63) is 30.1 Å². The summed E-state index contributed by atoms with van der Waals surface area (Å²) >= 11 is 0. The number of pyridine rings is 1. The van der Waals surface area contributed by atoms with Crippen molar-refractivity contribution >= 4 is 0 Å². The second kappa shape index (κ2) is 4.56. The molecule has 0 saturated heterocycles. The summed E-state index contributed by atoms with van der Waals surface area (Å²) in [4.78, 5) is 4.03. The Labute approximate surface area is 85.0 Å². The minimum Gasteiger partial charge on any atom is -0.393 e. The lowest BCUT2D eigenvalue weighted by atomic mass is 10.0. The van der Waals surface area contributed by atoms with Gasteiger partial charge < -0.3 is 5.11 Å². The molecule has 1 saturated carbocycles. The Hall–Kier alpha value is -0.890. The summed E-state index contributed by atoms with van der Waals surface area (Å²) in [7, 11) is 0. The number of aromatic nitrogens is 1. The number of rotatable bonds is 5. The third-order valence-electron chi connectivity index (χ3n) is 2.80. The van der Waals surface area contributed by atoms with Gasteiger partial charge >= 0.3 is 0 Å². The molecule has 1 N–H and O–H groups in total. The maximum atomic E-state index is 9.75. The molecule has 0 bridgehead atoms. The molecular weight excluding hydrogens is 174 g/mol. The van der Waals surface area contributed by atoms with Crippen LogP contribution in [-0.2, 0) is 6.42 Å². The fraction of sp³-hybridized carbons (Fsp3) is 0.583. The summed E-state index contributed by atoms with van der Waals surface area (Å²) in [6.45, 7) is 0. The van der Waals surface area contributed by atoms with Crippen LogP contribution in [0, 0.1) is 5.92 Å². The van der Waals surface area contributed by atoms with Crippen molar-refractivity contribution in [3.8, 4) is 0 Å². The molecule has 1 aromatic heterocycles. The first kappa shape index (κ1) is 9.66. The highest BCUT2D eigenvalue weighted by atomic mass is 16.3. The first-order valence-electron chi connectivity index (χ1n) is 5.41. The largest absolute Gasteiger partial charge is 0.393 e. The van der Waals surface area contributed by atoms with Crippen LogP contribution in [0.5, 0.6) is 0 Å². The molecule has 0 aliphatic heterocycles. The fourth-order valence-corrected chi connectivity index (χ4v) is 1.73. The fourth-order valence-electron chi connectivity index (χ4n) is 1.73. The maximum absolute atomic E-state index is 9.75. The molecule has 76 valence electrons. The Kier molecular flexibility index (Phi) is 3.14. The van der Waals surface area contributed by atoms with Gasteiger partial charge in [-0.15, -0.1) is 0 Å². The Bertz CT molecular complexity index is 269. The second-order valence-corrected chi connectivity index (χ2v) is 4.24. The quantitative estimate of drug-likeness (QED) is 0.773. The lowest BCUT2D eigenvalue weighted by Crippen LogP contribution is -2.10. The van der Waals surface area contributed by atoms with Gasteiger partial charge in [0.1, 0.15) is 0 Å². The van der Waals surface area contributed by atoms with E-state index in [1.165, 1.54) is 19.3 Å². The molecule has 1 atom stereocenters. The smallest absolute Gasteiger partial charge is 0.0581 e. The van der Waals surface area contributed by atoms with Crippen LogP contribution in [0.3, 0.4) is 0 Å². The predicted molar refractivity (Wildman–Crippen MR) is 55.9 cm³/mol. The summed E-state index contributed by atoms with van der Waals surface area (Å²) in [6.07, 6.45) is 9.06. The topological polar surface area (TPSA) is 33.1 Å². The molecule has 2 nitrogen and oxygen atoms in total. The molecule has 0 aromatic carbocycles. The lowest BCUT2D eigenvalue weighted by Gasteiger charge is -2.09. The zero-order valence-electron chi connectivity index (χ0n) is 8.39. The van der Waals surface area contributed by atoms with Gasteiger partial charge in [0.15, 0.2) is 0 Å². The Morgan fingerprint density at radius 1 is 1.50 bits per heavy atom. The van der Waals surface area contributed by atoms with E-state index in [0.29, 0.717) is 0 Å². The van der Waals surface area contributed by atoms with Crippen LogP contribution >= 0.6 is 0 Å². The third-order valence-corrected chi connectivity index (χ3v) is 2.80. The van der Waals surface area contributed by atoms with E-state index in [1.54, 1.807) is 6.20 Å². The molecule has 14 heavy (non-hydrogen) atoms. The van der Waals surface area contributed by atoms with Gasteiger partial charge in [-0.05, 0) is 36.8 Å². The van der Waals surface area contributed by atoms with Gasteiger partial charge in [0.25, 0.3) is 0 Å². The Morgan fingerprint density at radius 3 is 3.00 bits per heavy atom. The van der Waals surface area contributed by atoms with E-state index in [9.17, 15) is 5.11 Å². The minimum atomic E-state index is -0.181. The first-order chi connectivity index (χ1) is 6.84. The van der Waals surface area contributed by atoms with Gasteiger partial charge in [0.05, 0.1) is 6.10 Å². The average Bonchev–Trinajstić information content (AvgIpc) is 3.00. The third kappa shape index (κ3) is 3.11. The molecule has 1 unspecified atom stereocenters. The zero-order valence-corrected chi connectivity index (χ0v) is 8.39. The van der Waals surface area contributed by atoms with E-state index >= 15 is 0 Å². The van der Waals surface area contributed by atoms with E-state index in [1.807, 2.05) is 18.3 Å². The van der Waals surface area contributed by atoms with Crippen LogP contribution in [0.1, 0.15) is 31.2 Å². The number of hydrogen-bond acceptors (Lipinski definition) is 2. The highest BCUT2D eigenvalue weighted by molar-refractivity contribution is 5.09. The van der Waals surface area contributed by atoms with E-state index in [-0.39, 0.29) is 6.10 Å². The molecule has 1 aliphatic rings. The van der Waals surface area contributed by atoms with Crippen molar-refractivity contribution in [3.63, 3.8) is 0 Å². The summed E-state index contributed by atoms with van der Waals surface area (Å²) < 4.78 is 0. The number of nitrogens with zero attached hydrogens (tertiary/aromatic N) is 1. The first-order valence-corrected chi connectivity index (χ1v) is 5.41. The maximum Gasteiger partial charge on any atom is 0.0581 e. The average molecular weight is 191 g/mol. The van der Waals surface area contributed by atoms with Gasteiger partial charge in [0, 0.05) is 12.4 Å². The molecule has 0 radical (unpaired) electrons. The molecule has 1 aromatic rings. The molecular formula is C12H17NO. The molecule has 2 heteroatoms. The Balaban J connectivity index is 1.73. The van der Waals surface area contributed by atoms with Crippen LogP contribution in [0.2, 0.25) is 0 Å². The van der Waals surface area contributed by atoms with Crippen LogP contribution in [-0.4, -0.2) is 16.2 Å². The summed E-state index contributed by atoms with van der Waals surface area (Å²) in [6, 6.07) is 3.94. The SMILES string of the molecule is OC(CCC1CC1)Cc1cccnc1. The highest BCUT2D eigenvalue weighted by Gasteiger charge is 2.21. The summed E-state index contributed by atoms with van der Waals surface area (Å²) in [5, 5.41) is 9.75. The van der Waals surface area contributed by atoms with E-state index in [0.717, 1.165) is 24.3 Å².